The number of para-hydroxylation sites is 1. The number of thioether (sulfide) groups is 1. The minimum absolute atomic E-state index is 0.106. The minimum Gasteiger partial charge on any atom is -0.465 e. The van der Waals surface area contributed by atoms with Crippen LogP contribution in [0.1, 0.15) is 10.4 Å². The molecule has 0 aromatic heterocycles. The van der Waals surface area contributed by atoms with Crippen molar-refractivity contribution in [1.29, 1.82) is 0 Å². The summed E-state index contributed by atoms with van der Waals surface area (Å²) in [5, 5.41) is 5.33. The molecule has 0 radical (unpaired) electrons. The molecule has 1 fully saturated rings. The van der Waals surface area contributed by atoms with E-state index in [4.69, 9.17) is 0 Å². The fourth-order valence-corrected chi connectivity index (χ4v) is 2.54. The first kappa shape index (κ1) is 16.3. The third-order valence-corrected chi connectivity index (χ3v) is 3.76. The zero-order valence-electron chi connectivity index (χ0n) is 11.8. The molecule has 9 heteroatoms. The lowest BCUT2D eigenvalue weighted by atomic mass is 10.2. The Morgan fingerprint density at radius 3 is 2.91 bits per heavy atom. The molecule has 1 aromatic carbocycles. The van der Waals surface area contributed by atoms with Crippen LogP contribution >= 0.6 is 11.8 Å². The predicted molar refractivity (Wildman–Crippen MR) is 81.9 cm³/mol. The van der Waals surface area contributed by atoms with Crippen LogP contribution in [0, 0.1) is 0 Å². The van der Waals surface area contributed by atoms with Gasteiger partial charge in [-0.2, -0.15) is 0 Å². The molecule has 2 rings (SSSR count). The van der Waals surface area contributed by atoms with Crippen molar-refractivity contribution in [2.45, 2.75) is 5.50 Å². The number of nitrogens with one attached hydrogen (secondary N) is 4. The first-order chi connectivity index (χ1) is 10.6. The molecule has 118 valence electrons. The van der Waals surface area contributed by atoms with Gasteiger partial charge in [-0.25, -0.2) is 15.6 Å². The number of carbonyl (C=O) groups excluding carboxylic acids is 3. The third kappa shape index (κ3) is 4.45. The highest BCUT2D eigenvalue weighted by atomic mass is 32.2. The Morgan fingerprint density at radius 1 is 1.41 bits per heavy atom. The van der Waals surface area contributed by atoms with Crippen molar-refractivity contribution in [1.82, 2.24) is 16.2 Å². The van der Waals surface area contributed by atoms with Gasteiger partial charge in [-0.15, -0.1) is 11.8 Å². The molecule has 22 heavy (non-hydrogen) atoms. The molecular weight excluding hydrogens is 308 g/mol. The molecule has 0 spiro atoms. The van der Waals surface area contributed by atoms with Crippen molar-refractivity contribution < 1.29 is 19.1 Å². The number of rotatable bonds is 5. The second kappa shape index (κ2) is 7.78. The Kier molecular flexibility index (Phi) is 5.75. The zero-order valence-corrected chi connectivity index (χ0v) is 12.7. The molecule has 1 unspecified atom stereocenters. The lowest BCUT2D eigenvalue weighted by Gasteiger charge is -2.24. The third-order valence-electron chi connectivity index (χ3n) is 2.76. The van der Waals surface area contributed by atoms with E-state index in [0.29, 0.717) is 5.69 Å². The largest absolute Gasteiger partial charge is 0.465 e. The summed E-state index contributed by atoms with van der Waals surface area (Å²) in [4.78, 5) is 34.8. The second-order valence-corrected chi connectivity index (χ2v) is 5.44. The first-order valence-electron chi connectivity index (χ1n) is 6.46. The number of hydrazine groups is 1. The van der Waals surface area contributed by atoms with Gasteiger partial charge in [0.25, 0.3) is 0 Å². The van der Waals surface area contributed by atoms with Crippen LogP contribution in [0.15, 0.2) is 24.3 Å². The fraction of sp³-hybridized carbons (Fsp3) is 0.308. The topological polar surface area (TPSA) is 109 Å². The molecule has 1 aliphatic heterocycles. The van der Waals surface area contributed by atoms with E-state index in [1.54, 1.807) is 24.3 Å². The Hall–Kier alpha value is -2.10. The van der Waals surface area contributed by atoms with E-state index in [1.165, 1.54) is 18.9 Å². The quantitative estimate of drug-likeness (QED) is 0.548. The maximum Gasteiger partial charge on any atom is 0.339 e. The molecule has 1 heterocycles. The maximum atomic E-state index is 12.0. The van der Waals surface area contributed by atoms with Crippen molar-refractivity contribution in [3.05, 3.63) is 29.8 Å². The number of benzene rings is 1. The number of methoxy groups -OCH3 is 1. The van der Waals surface area contributed by atoms with Crippen LogP contribution in [0.3, 0.4) is 0 Å². The molecule has 2 amide bonds. The highest BCUT2D eigenvalue weighted by Crippen LogP contribution is 2.17. The average Bonchev–Trinajstić information content (AvgIpc) is 2.53. The molecule has 0 aliphatic carbocycles. The summed E-state index contributed by atoms with van der Waals surface area (Å²) < 4.78 is 4.66. The van der Waals surface area contributed by atoms with Crippen molar-refractivity contribution in [3.8, 4) is 0 Å². The van der Waals surface area contributed by atoms with E-state index < -0.39 is 5.97 Å². The number of hydrogen-bond acceptors (Lipinski definition) is 7. The van der Waals surface area contributed by atoms with Gasteiger partial charge in [0.2, 0.25) is 11.8 Å². The Balaban J connectivity index is 1.89. The highest BCUT2D eigenvalue weighted by molar-refractivity contribution is 8.00. The van der Waals surface area contributed by atoms with Crippen LogP contribution in [-0.4, -0.2) is 42.7 Å². The summed E-state index contributed by atoms with van der Waals surface area (Å²) in [6.07, 6.45) is 0. The Labute approximate surface area is 131 Å². The molecule has 1 atom stereocenters. The number of ether oxygens (including phenoxy) is 1. The Morgan fingerprint density at radius 2 is 2.18 bits per heavy atom. The molecule has 1 aromatic rings. The number of amides is 2. The van der Waals surface area contributed by atoms with Crippen LogP contribution in [-0.2, 0) is 14.3 Å². The summed E-state index contributed by atoms with van der Waals surface area (Å²) >= 11 is 1.21. The van der Waals surface area contributed by atoms with E-state index in [0.717, 1.165) is 0 Å². The summed E-state index contributed by atoms with van der Waals surface area (Å²) in [6.45, 7) is 0.190. The molecule has 0 bridgehead atoms. The average molecular weight is 324 g/mol. The van der Waals surface area contributed by atoms with Crippen LogP contribution < -0.4 is 21.5 Å². The molecule has 1 aliphatic rings. The highest BCUT2D eigenvalue weighted by Gasteiger charge is 2.19. The fourth-order valence-electron chi connectivity index (χ4n) is 1.77. The number of carbonyl (C=O) groups is 3. The van der Waals surface area contributed by atoms with Gasteiger partial charge in [-0.3, -0.25) is 9.59 Å². The molecule has 4 N–H and O–H groups in total. The molecule has 0 saturated carbocycles. The van der Waals surface area contributed by atoms with Crippen LogP contribution in [0.4, 0.5) is 5.69 Å². The number of hydrogen-bond donors (Lipinski definition) is 4. The minimum atomic E-state index is -0.519. The van der Waals surface area contributed by atoms with Gasteiger partial charge < -0.3 is 15.4 Å². The van der Waals surface area contributed by atoms with E-state index in [2.05, 4.69) is 26.2 Å². The summed E-state index contributed by atoms with van der Waals surface area (Å²) in [5.41, 5.74) is 5.84. The maximum absolute atomic E-state index is 12.0. The standard InChI is InChI=1S/C13H16N4O4S/c1-21-12(20)8-4-2-3-5-9(8)15-11(19)7-22-13-16-10(18)6-14-17-13/h2-5,13-14,17H,6-7H2,1H3,(H,15,19)(H,16,18). The van der Waals surface area contributed by atoms with E-state index in [9.17, 15) is 14.4 Å². The van der Waals surface area contributed by atoms with Crippen LogP contribution in [0.5, 0.6) is 0 Å². The van der Waals surface area contributed by atoms with Crippen molar-refractivity contribution >= 4 is 35.2 Å². The summed E-state index contributed by atoms with van der Waals surface area (Å²) in [6, 6.07) is 6.59. The first-order valence-corrected chi connectivity index (χ1v) is 7.51. The predicted octanol–water partition coefficient (Wildman–Crippen LogP) is -0.347. The van der Waals surface area contributed by atoms with Crippen molar-refractivity contribution in [2.75, 3.05) is 24.7 Å². The van der Waals surface area contributed by atoms with Crippen LogP contribution in [0.25, 0.3) is 0 Å². The molecular formula is C13H16N4O4S. The van der Waals surface area contributed by atoms with E-state index in [-0.39, 0.29) is 35.2 Å². The molecule has 8 nitrogen and oxygen atoms in total. The van der Waals surface area contributed by atoms with E-state index in [1.807, 2.05) is 0 Å². The molecule has 1 saturated heterocycles. The SMILES string of the molecule is COC(=O)c1ccccc1NC(=O)CSC1NNCC(=O)N1. The second-order valence-electron chi connectivity index (χ2n) is 4.34. The van der Waals surface area contributed by atoms with Crippen molar-refractivity contribution in [2.24, 2.45) is 0 Å². The lowest BCUT2D eigenvalue weighted by molar-refractivity contribution is -0.122. The van der Waals surface area contributed by atoms with Gasteiger partial charge in [-0.05, 0) is 12.1 Å². The lowest BCUT2D eigenvalue weighted by Crippen LogP contribution is -2.58. The van der Waals surface area contributed by atoms with Gasteiger partial charge >= 0.3 is 5.97 Å². The zero-order chi connectivity index (χ0) is 15.9. The normalized spacial score (nSPS) is 17.5. The Bertz CT molecular complexity index is 581. The number of anilines is 1. The van der Waals surface area contributed by atoms with Gasteiger partial charge in [0.15, 0.2) is 0 Å². The monoisotopic (exact) mass is 324 g/mol. The number of esters is 1. The van der Waals surface area contributed by atoms with Crippen LogP contribution in [0.2, 0.25) is 0 Å². The van der Waals surface area contributed by atoms with E-state index >= 15 is 0 Å². The van der Waals surface area contributed by atoms with Gasteiger partial charge in [0.05, 0.1) is 30.7 Å². The smallest absolute Gasteiger partial charge is 0.339 e. The van der Waals surface area contributed by atoms with Gasteiger partial charge in [0.1, 0.15) is 5.50 Å². The van der Waals surface area contributed by atoms with Gasteiger partial charge in [0, 0.05) is 0 Å². The van der Waals surface area contributed by atoms with Gasteiger partial charge in [-0.1, -0.05) is 12.1 Å². The summed E-state index contributed by atoms with van der Waals surface area (Å²) in [5.74, 6) is -0.848. The summed E-state index contributed by atoms with van der Waals surface area (Å²) in [7, 11) is 1.28. The van der Waals surface area contributed by atoms with Crippen molar-refractivity contribution in [3.63, 3.8) is 0 Å².